The molecule has 1 aliphatic heterocycles. The van der Waals surface area contributed by atoms with Crippen molar-refractivity contribution in [1.29, 1.82) is 0 Å². The summed E-state index contributed by atoms with van der Waals surface area (Å²) in [5.41, 5.74) is 8.96. The van der Waals surface area contributed by atoms with Gasteiger partial charge in [-0.3, -0.25) is 0 Å². The molecule has 10 heteroatoms. The van der Waals surface area contributed by atoms with Crippen molar-refractivity contribution >= 4 is 50.1 Å². The van der Waals surface area contributed by atoms with Crippen LogP contribution in [0.3, 0.4) is 0 Å². The van der Waals surface area contributed by atoms with Crippen LogP contribution in [0.25, 0.3) is 10.2 Å². The molecule has 0 spiro atoms. The number of aryl methyl sites for hydroxylation is 1. The van der Waals surface area contributed by atoms with Gasteiger partial charge in [0.2, 0.25) is 0 Å². The molecule has 1 aliphatic rings. The van der Waals surface area contributed by atoms with E-state index in [2.05, 4.69) is 38.2 Å². The fraction of sp³-hybridized carbons (Fsp3) is 0.368. The highest BCUT2D eigenvalue weighted by atomic mass is 32.1. The molecule has 29 heavy (non-hydrogen) atoms. The number of nitrogen functional groups attached to an aromatic ring is 1. The van der Waals surface area contributed by atoms with Crippen molar-refractivity contribution in [2.75, 3.05) is 48.7 Å². The average molecular weight is 414 g/mol. The molecule has 0 radical (unpaired) electrons. The minimum absolute atomic E-state index is 0.281. The maximum Gasteiger partial charge on any atom is 0.409 e. The summed E-state index contributed by atoms with van der Waals surface area (Å²) in [7, 11) is 0. The number of hydrogen-bond donors (Lipinski definition) is 2. The number of hydrogen-bond acceptors (Lipinski definition) is 9. The number of nitrogens with one attached hydrogen (secondary N) is 1. The van der Waals surface area contributed by atoms with Crippen LogP contribution in [0.5, 0.6) is 0 Å². The first kappa shape index (κ1) is 19.2. The average Bonchev–Trinajstić information content (AvgIpc) is 3.11. The zero-order chi connectivity index (χ0) is 20.4. The summed E-state index contributed by atoms with van der Waals surface area (Å²) in [6.07, 6.45) is 1.21. The zero-order valence-corrected chi connectivity index (χ0v) is 17.2. The number of anilines is 4. The molecule has 152 valence electrons. The van der Waals surface area contributed by atoms with Crippen LogP contribution in [0.15, 0.2) is 24.5 Å². The van der Waals surface area contributed by atoms with Crippen molar-refractivity contribution in [2.45, 2.75) is 13.8 Å². The van der Waals surface area contributed by atoms with E-state index in [1.165, 1.54) is 11.9 Å². The fourth-order valence-electron chi connectivity index (χ4n) is 3.24. The summed E-state index contributed by atoms with van der Waals surface area (Å²) in [4.78, 5) is 28.9. The molecule has 0 aliphatic carbocycles. The van der Waals surface area contributed by atoms with Gasteiger partial charge in [-0.25, -0.2) is 19.7 Å². The third kappa shape index (κ3) is 4.02. The predicted octanol–water partition coefficient (Wildman–Crippen LogP) is 3.00. The number of ether oxygens (including phenoxy) is 1. The Hall–Kier alpha value is -3.14. The summed E-state index contributed by atoms with van der Waals surface area (Å²) in [6.45, 7) is 6.60. The lowest BCUT2D eigenvalue weighted by atomic mass is 10.2. The zero-order valence-electron chi connectivity index (χ0n) is 16.4. The molecule has 0 unspecified atom stereocenters. The third-order valence-corrected chi connectivity index (χ3v) is 5.67. The molecular formula is C19H23N7O2S. The van der Waals surface area contributed by atoms with Gasteiger partial charge in [-0.15, -0.1) is 0 Å². The van der Waals surface area contributed by atoms with Gasteiger partial charge in [0, 0.05) is 26.2 Å². The molecule has 1 aromatic carbocycles. The molecule has 3 aromatic rings. The van der Waals surface area contributed by atoms with Gasteiger partial charge >= 0.3 is 6.09 Å². The summed E-state index contributed by atoms with van der Waals surface area (Å²) in [6, 6.07) is 6.15. The molecule has 0 bridgehead atoms. The molecule has 0 saturated carbocycles. The van der Waals surface area contributed by atoms with Gasteiger partial charge in [-0.2, -0.15) is 0 Å². The highest BCUT2D eigenvalue weighted by Gasteiger charge is 2.24. The van der Waals surface area contributed by atoms with Crippen LogP contribution in [0.1, 0.15) is 12.5 Å². The maximum atomic E-state index is 11.9. The van der Waals surface area contributed by atoms with Crippen molar-refractivity contribution in [3.63, 3.8) is 0 Å². The molecule has 4 rings (SSSR count). The minimum atomic E-state index is -0.281. The monoisotopic (exact) mass is 413 g/mol. The van der Waals surface area contributed by atoms with E-state index in [4.69, 9.17) is 10.5 Å². The molecule has 1 amide bonds. The summed E-state index contributed by atoms with van der Waals surface area (Å²) < 4.78 is 6.17. The molecule has 3 N–H and O–H groups in total. The number of nitrogens with two attached hydrogens (primary N) is 1. The van der Waals surface area contributed by atoms with E-state index in [9.17, 15) is 4.79 Å². The Bertz CT molecular complexity index is 1030. The van der Waals surface area contributed by atoms with Gasteiger partial charge in [0.05, 0.1) is 16.8 Å². The Labute approximate surface area is 172 Å². The lowest BCUT2D eigenvalue weighted by Gasteiger charge is -2.35. The molecule has 3 heterocycles. The van der Waals surface area contributed by atoms with Gasteiger partial charge in [-0.05, 0) is 31.5 Å². The van der Waals surface area contributed by atoms with E-state index in [1.54, 1.807) is 23.2 Å². The van der Waals surface area contributed by atoms with Crippen LogP contribution in [0.4, 0.5) is 27.2 Å². The Balaban J connectivity index is 1.49. The second-order valence-electron chi connectivity index (χ2n) is 6.75. The lowest BCUT2D eigenvalue weighted by molar-refractivity contribution is 0.105. The number of aromatic nitrogens is 3. The highest BCUT2D eigenvalue weighted by molar-refractivity contribution is 7.22. The van der Waals surface area contributed by atoms with Crippen molar-refractivity contribution in [3.8, 4) is 0 Å². The number of rotatable bonds is 4. The van der Waals surface area contributed by atoms with Crippen LogP contribution >= 0.6 is 11.3 Å². The van der Waals surface area contributed by atoms with Crippen molar-refractivity contribution in [3.05, 3.63) is 30.1 Å². The fourth-order valence-corrected chi connectivity index (χ4v) is 4.20. The number of benzene rings is 1. The Kier molecular flexibility index (Phi) is 5.34. The van der Waals surface area contributed by atoms with E-state index in [0.717, 1.165) is 15.3 Å². The van der Waals surface area contributed by atoms with Crippen LogP contribution < -0.4 is 16.0 Å². The van der Waals surface area contributed by atoms with Crippen LogP contribution in [-0.2, 0) is 4.74 Å². The Morgan fingerprint density at radius 2 is 2.07 bits per heavy atom. The predicted molar refractivity (Wildman–Crippen MR) is 115 cm³/mol. The SMILES string of the molecule is CCOC(=O)N1CCN(c2ncnc(Nc3nc4ccc(C)cc4s3)c2N)CC1. The number of amides is 1. The first-order chi connectivity index (χ1) is 14.0. The topological polar surface area (TPSA) is 110 Å². The van der Waals surface area contributed by atoms with Gasteiger partial charge in [0.25, 0.3) is 0 Å². The third-order valence-electron chi connectivity index (χ3n) is 4.74. The quantitative estimate of drug-likeness (QED) is 0.672. The highest BCUT2D eigenvalue weighted by Crippen LogP contribution is 2.32. The standard InChI is InChI=1S/C19H23N7O2S/c1-3-28-19(27)26-8-6-25(7-9-26)17-15(20)16(21-11-22-17)24-18-23-13-5-4-12(2)10-14(13)29-18/h4-5,10-11H,3,6-9,20H2,1-2H3,(H,21,22,23,24). The smallest absolute Gasteiger partial charge is 0.409 e. The van der Waals surface area contributed by atoms with Gasteiger partial charge in [-0.1, -0.05) is 17.4 Å². The maximum absolute atomic E-state index is 11.9. The van der Waals surface area contributed by atoms with Crippen molar-refractivity contribution in [2.24, 2.45) is 0 Å². The number of fused-ring (bicyclic) bond motifs is 1. The van der Waals surface area contributed by atoms with E-state index in [-0.39, 0.29) is 6.09 Å². The number of nitrogens with zero attached hydrogens (tertiary/aromatic N) is 5. The number of carbonyl (C=O) groups is 1. The van der Waals surface area contributed by atoms with E-state index < -0.39 is 0 Å². The summed E-state index contributed by atoms with van der Waals surface area (Å²) >= 11 is 1.55. The molecule has 9 nitrogen and oxygen atoms in total. The van der Waals surface area contributed by atoms with Gasteiger partial charge < -0.3 is 25.6 Å². The normalized spacial score (nSPS) is 14.3. The van der Waals surface area contributed by atoms with Crippen LogP contribution in [0, 0.1) is 6.92 Å². The first-order valence-corrected chi connectivity index (χ1v) is 10.3. The molecule has 2 aromatic heterocycles. The lowest BCUT2D eigenvalue weighted by Crippen LogP contribution is -2.49. The second-order valence-corrected chi connectivity index (χ2v) is 7.78. The minimum Gasteiger partial charge on any atom is -0.450 e. The van der Waals surface area contributed by atoms with E-state index >= 15 is 0 Å². The molecule has 1 fully saturated rings. The van der Waals surface area contributed by atoms with Gasteiger partial charge in [0.15, 0.2) is 16.8 Å². The molecule has 1 saturated heterocycles. The number of thiazole rings is 1. The molecular weight excluding hydrogens is 390 g/mol. The van der Waals surface area contributed by atoms with Crippen molar-refractivity contribution < 1.29 is 9.53 Å². The Morgan fingerprint density at radius 3 is 2.83 bits per heavy atom. The van der Waals surface area contributed by atoms with Gasteiger partial charge in [0.1, 0.15) is 12.0 Å². The van der Waals surface area contributed by atoms with Crippen LogP contribution in [0.2, 0.25) is 0 Å². The van der Waals surface area contributed by atoms with Crippen LogP contribution in [-0.4, -0.2) is 58.7 Å². The number of piperazine rings is 1. The number of carbonyl (C=O) groups excluding carboxylic acids is 1. The van der Waals surface area contributed by atoms with E-state index in [1.807, 2.05) is 12.1 Å². The van der Waals surface area contributed by atoms with E-state index in [0.29, 0.717) is 50.1 Å². The largest absolute Gasteiger partial charge is 0.450 e. The first-order valence-electron chi connectivity index (χ1n) is 9.46. The second kappa shape index (κ2) is 8.08. The summed E-state index contributed by atoms with van der Waals surface area (Å²) in [5, 5.41) is 3.96. The molecule has 0 atom stereocenters. The summed E-state index contributed by atoms with van der Waals surface area (Å²) in [5.74, 6) is 1.18. The Morgan fingerprint density at radius 1 is 1.28 bits per heavy atom. The van der Waals surface area contributed by atoms with Crippen molar-refractivity contribution in [1.82, 2.24) is 19.9 Å².